The zero-order valence-electron chi connectivity index (χ0n) is 13.3. The van der Waals surface area contributed by atoms with Crippen LogP contribution < -0.4 is 10.6 Å². The first kappa shape index (κ1) is 18.5. The predicted octanol–water partition coefficient (Wildman–Crippen LogP) is 5.08. The highest BCUT2D eigenvalue weighted by Gasteiger charge is 2.09. The maximum absolute atomic E-state index is 13.0. The molecule has 0 saturated carbocycles. The molecule has 0 fully saturated rings. The molecule has 0 aliphatic rings. The van der Waals surface area contributed by atoms with Gasteiger partial charge < -0.3 is 10.6 Å². The second kappa shape index (κ2) is 8.40. The molecule has 2 N–H and O–H groups in total. The van der Waals surface area contributed by atoms with Gasteiger partial charge in [-0.15, -0.1) is 0 Å². The minimum Gasteiger partial charge on any atom is -0.358 e. The zero-order valence-corrected chi connectivity index (χ0v) is 15.7. The van der Waals surface area contributed by atoms with Crippen molar-refractivity contribution < 1.29 is 4.39 Å². The fourth-order valence-corrected chi connectivity index (χ4v) is 2.83. The molecule has 3 aromatic rings. The lowest BCUT2D eigenvalue weighted by Gasteiger charge is -2.14. The van der Waals surface area contributed by atoms with Crippen LogP contribution in [0.5, 0.6) is 0 Å². The number of hydrogen-bond donors (Lipinski definition) is 2. The third-order valence-corrected chi connectivity index (χ3v) is 4.60. The summed E-state index contributed by atoms with van der Waals surface area (Å²) < 4.78 is 13.0. The van der Waals surface area contributed by atoms with Gasteiger partial charge in [0.15, 0.2) is 5.11 Å². The third kappa shape index (κ3) is 4.46. The number of pyridine rings is 2. The van der Waals surface area contributed by atoms with Crippen molar-refractivity contribution in [2.75, 3.05) is 5.32 Å². The lowest BCUT2D eigenvalue weighted by atomic mass is 10.1. The largest absolute Gasteiger partial charge is 0.358 e. The molecule has 2 heterocycles. The van der Waals surface area contributed by atoms with E-state index in [1.54, 1.807) is 30.5 Å². The van der Waals surface area contributed by atoms with Crippen LogP contribution >= 0.6 is 35.4 Å². The fraction of sp³-hybridized carbons (Fsp3) is 0.0556. The minimum absolute atomic E-state index is 0.390. The Balaban J connectivity index is 1.71. The molecule has 0 atom stereocenters. The van der Waals surface area contributed by atoms with E-state index in [1.165, 1.54) is 12.3 Å². The molecule has 8 heteroatoms. The van der Waals surface area contributed by atoms with Crippen molar-refractivity contribution in [3.8, 4) is 11.3 Å². The molecule has 1 aromatic carbocycles. The van der Waals surface area contributed by atoms with E-state index in [4.69, 9.17) is 35.4 Å². The quantitative estimate of drug-likeness (QED) is 0.467. The predicted molar refractivity (Wildman–Crippen MR) is 107 cm³/mol. The van der Waals surface area contributed by atoms with Gasteiger partial charge in [-0.25, -0.2) is 4.98 Å². The topological polar surface area (TPSA) is 49.8 Å². The average molecular weight is 407 g/mol. The maximum atomic E-state index is 13.0. The van der Waals surface area contributed by atoms with Crippen LogP contribution in [0.1, 0.15) is 5.56 Å². The minimum atomic E-state index is -0.534. The SMILES string of the molecule is Fc1ccc(-c2ncccc2CNC(=S)Nc2cccc(Cl)c2Cl)cn1. The first-order chi connectivity index (χ1) is 12.5. The molecule has 26 heavy (non-hydrogen) atoms. The van der Waals surface area contributed by atoms with Crippen molar-refractivity contribution >= 4 is 46.2 Å². The van der Waals surface area contributed by atoms with Gasteiger partial charge in [0.25, 0.3) is 0 Å². The van der Waals surface area contributed by atoms with E-state index in [0.717, 1.165) is 11.1 Å². The van der Waals surface area contributed by atoms with Gasteiger partial charge in [0.2, 0.25) is 5.95 Å². The van der Waals surface area contributed by atoms with Gasteiger partial charge in [-0.3, -0.25) is 4.98 Å². The number of rotatable bonds is 4. The normalized spacial score (nSPS) is 10.4. The molecule has 2 aromatic heterocycles. The Labute approximate surface area is 165 Å². The third-order valence-electron chi connectivity index (χ3n) is 3.53. The summed E-state index contributed by atoms with van der Waals surface area (Å²) >= 11 is 17.4. The summed E-state index contributed by atoms with van der Waals surface area (Å²) in [4.78, 5) is 8.03. The van der Waals surface area contributed by atoms with Crippen LogP contribution in [0.15, 0.2) is 54.9 Å². The van der Waals surface area contributed by atoms with Crippen molar-refractivity contribution in [1.82, 2.24) is 15.3 Å². The Kier molecular flexibility index (Phi) is 5.98. The molecule has 4 nitrogen and oxygen atoms in total. The molecule has 0 unspecified atom stereocenters. The van der Waals surface area contributed by atoms with Gasteiger partial charge in [0, 0.05) is 24.5 Å². The lowest BCUT2D eigenvalue weighted by Crippen LogP contribution is -2.28. The van der Waals surface area contributed by atoms with Crippen LogP contribution in [0.2, 0.25) is 10.0 Å². The van der Waals surface area contributed by atoms with E-state index in [1.807, 2.05) is 12.1 Å². The lowest BCUT2D eigenvalue weighted by molar-refractivity contribution is 0.584. The number of aromatic nitrogens is 2. The number of nitrogens with one attached hydrogen (secondary N) is 2. The van der Waals surface area contributed by atoms with Gasteiger partial charge in [-0.2, -0.15) is 4.39 Å². The van der Waals surface area contributed by atoms with Crippen molar-refractivity contribution in [2.45, 2.75) is 6.54 Å². The van der Waals surface area contributed by atoms with Crippen LogP contribution in [0.3, 0.4) is 0 Å². The van der Waals surface area contributed by atoms with Crippen LogP contribution in [-0.2, 0) is 6.54 Å². The van der Waals surface area contributed by atoms with Gasteiger partial charge in [-0.1, -0.05) is 35.3 Å². The number of halogens is 3. The van der Waals surface area contributed by atoms with Crippen molar-refractivity contribution in [3.63, 3.8) is 0 Å². The molecular formula is C18H13Cl2FN4S. The van der Waals surface area contributed by atoms with Crippen molar-refractivity contribution in [1.29, 1.82) is 0 Å². The van der Waals surface area contributed by atoms with E-state index in [0.29, 0.717) is 33.1 Å². The number of hydrogen-bond acceptors (Lipinski definition) is 3. The summed E-state index contributed by atoms with van der Waals surface area (Å²) in [5.74, 6) is -0.534. The highest BCUT2D eigenvalue weighted by Crippen LogP contribution is 2.29. The molecule has 0 spiro atoms. The Morgan fingerprint density at radius 3 is 2.69 bits per heavy atom. The summed E-state index contributed by atoms with van der Waals surface area (Å²) in [6, 6.07) is 11.9. The molecular weight excluding hydrogens is 394 g/mol. The van der Waals surface area contributed by atoms with Gasteiger partial charge in [0.05, 0.1) is 21.4 Å². The molecule has 0 bridgehead atoms. The van der Waals surface area contributed by atoms with Crippen LogP contribution in [0, 0.1) is 5.95 Å². The summed E-state index contributed by atoms with van der Waals surface area (Å²) in [5, 5.41) is 7.34. The molecule has 0 saturated heterocycles. The molecule has 3 rings (SSSR count). The second-order valence-corrected chi connectivity index (χ2v) is 6.48. The Morgan fingerprint density at radius 2 is 1.92 bits per heavy atom. The van der Waals surface area contributed by atoms with Gasteiger partial charge >= 0.3 is 0 Å². The highest BCUT2D eigenvalue weighted by atomic mass is 35.5. The van der Waals surface area contributed by atoms with E-state index in [-0.39, 0.29) is 0 Å². The first-order valence-electron chi connectivity index (χ1n) is 7.59. The molecule has 0 aliphatic heterocycles. The number of benzene rings is 1. The molecule has 0 aliphatic carbocycles. The summed E-state index contributed by atoms with van der Waals surface area (Å²) in [7, 11) is 0. The van der Waals surface area contributed by atoms with E-state index >= 15 is 0 Å². The fourth-order valence-electron chi connectivity index (χ4n) is 2.30. The first-order valence-corrected chi connectivity index (χ1v) is 8.75. The van der Waals surface area contributed by atoms with E-state index < -0.39 is 5.95 Å². The van der Waals surface area contributed by atoms with Gasteiger partial charge in [-0.05, 0) is 48.1 Å². The maximum Gasteiger partial charge on any atom is 0.212 e. The highest BCUT2D eigenvalue weighted by molar-refractivity contribution is 7.80. The smallest absolute Gasteiger partial charge is 0.212 e. The van der Waals surface area contributed by atoms with Gasteiger partial charge in [0.1, 0.15) is 0 Å². The average Bonchev–Trinajstić information content (AvgIpc) is 2.65. The van der Waals surface area contributed by atoms with Crippen LogP contribution in [-0.4, -0.2) is 15.1 Å². The monoisotopic (exact) mass is 406 g/mol. The second-order valence-electron chi connectivity index (χ2n) is 5.29. The Bertz CT molecular complexity index is 935. The Hall–Kier alpha value is -2.28. The Morgan fingerprint density at radius 1 is 1.08 bits per heavy atom. The standard InChI is InChI=1S/C18H13Cl2FN4S/c19-13-4-1-5-14(16(13)20)25-18(26)24-10-11-3-2-8-22-17(11)12-6-7-15(21)23-9-12/h1-9H,10H2,(H2,24,25,26). The van der Waals surface area contributed by atoms with E-state index in [9.17, 15) is 4.39 Å². The van der Waals surface area contributed by atoms with Crippen LogP contribution in [0.25, 0.3) is 11.3 Å². The van der Waals surface area contributed by atoms with Crippen LogP contribution in [0.4, 0.5) is 10.1 Å². The summed E-state index contributed by atoms with van der Waals surface area (Å²) in [5.41, 5.74) is 2.93. The molecule has 0 amide bonds. The molecule has 132 valence electrons. The van der Waals surface area contributed by atoms with E-state index in [2.05, 4.69) is 20.6 Å². The summed E-state index contributed by atoms with van der Waals surface area (Å²) in [6.45, 7) is 0.421. The van der Waals surface area contributed by atoms with Crippen molar-refractivity contribution in [2.24, 2.45) is 0 Å². The zero-order chi connectivity index (χ0) is 18.5. The molecule has 0 radical (unpaired) electrons. The number of anilines is 1. The van der Waals surface area contributed by atoms with Crippen molar-refractivity contribution in [3.05, 3.63) is 76.4 Å². The number of thiocarbonyl (C=S) groups is 1. The summed E-state index contributed by atoms with van der Waals surface area (Å²) in [6.07, 6.45) is 3.12. The number of nitrogens with zero attached hydrogens (tertiary/aromatic N) is 2.